The van der Waals surface area contributed by atoms with Crippen molar-refractivity contribution in [2.24, 2.45) is 0 Å². The molecule has 6 heteroatoms. The summed E-state index contributed by atoms with van der Waals surface area (Å²) in [6.45, 7) is 3.65. The van der Waals surface area contributed by atoms with E-state index in [0.29, 0.717) is 17.0 Å². The van der Waals surface area contributed by atoms with Crippen molar-refractivity contribution in [3.63, 3.8) is 0 Å². The Morgan fingerprint density at radius 3 is 2.42 bits per heavy atom. The van der Waals surface area contributed by atoms with Crippen LogP contribution in [0.2, 0.25) is 0 Å². The summed E-state index contributed by atoms with van der Waals surface area (Å²) >= 11 is 0. The highest BCUT2D eigenvalue weighted by atomic mass is 32.2. The Labute approximate surface area is 141 Å². The van der Waals surface area contributed by atoms with Crippen molar-refractivity contribution in [2.45, 2.75) is 31.2 Å². The molecular weight excluding hydrogens is 326 g/mol. The van der Waals surface area contributed by atoms with Crippen LogP contribution in [-0.2, 0) is 10.0 Å². The second kappa shape index (κ2) is 5.94. The number of anilines is 1. The number of Topliss-reactive ketones (excluding diaryl/α,β-unsaturated/α-hetero) is 1. The molecule has 1 aliphatic heterocycles. The summed E-state index contributed by atoms with van der Waals surface area (Å²) in [4.78, 5) is 12.6. The van der Waals surface area contributed by atoms with Crippen LogP contribution in [-0.4, -0.2) is 27.4 Å². The molecule has 0 saturated heterocycles. The number of sulfonamides is 1. The zero-order chi connectivity index (χ0) is 17.5. The monoisotopic (exact) mass is 345 g/mol. The number of benzene rings is 2. The van der Waals surface area contributed by atoms with E-state index < -0.39 is 16.1 Å². The minimum absolute atomic E-state index is 0.0771. The fourth-order valence-electron chi connectivity index (χ4n) is 2.95. The minimum atomic E-state index is -3.74. The van der Waals surface area contributed by atoms with Crippen LogP contribution in [0.4, 0.5) is 5.69 Å². The lowest BCUT2D eigenvalue weighted by atomic mass is 9.97. The molecule has 1 heterocycles. The van der Waals surface area contributed by atoms with Gasteiger partial charge in [-0.3, -0.25) is 9.10 Å². The van der Waals surface area contributed by atoms with Crippen molar-refractivity contribution in [1.29, 1.82) is 0 Å². The van der Waals surface area contributed by atoms with Crippen molar-refractivity contribution in [3.05, 3.63) is 53.6 Å². The third-order valence-corrected chi connectivity index (χ3v) is 6.14. The second-order valence-corrected chi connectivity index (χ2v) is 7.79. The summed E-state index contributed by atoms with van der Waals surface area (Å²) in [5.74, 6) is 0.455. The first-order valence-corrected chi connectivity index (χ1v) is 9.11. The average molecular weight is 345 g/mol. The molecule has 1 aliphatic rings. The molecule has 0 spiro atoms. The first-order valence-electron chi connectivity index (χ1n) is 7.67. The topological polar surface area (TPSA) is 63.7 Å². The molecule has 3 rings (SSSR count). The number of aryl methyl sites for hydroxylation is 1. The van der Waals surface area contributed by atoms with Gasteiger partial charge in [-0.1, -0.05) is 17.7 Å². The first kappa shape index (κ1) is 16.5. The Kier molecular flexibility index (Phi) is 4.09. The molecule has 1 atom stereocenters. The fraction of sp³-hybridized carbons (Fsp3) is 0.278. The van der Waals surface area contributed by atoms with E-state index in [-0.39, 0.29) is 17.1 Å². The molecule has 0 unspecified atom stereocenters. The molecule has 0 amide bonds. The van der Waals surface area contributed by atoms with Gasteiger partial charge in [0.15, 0.2) is 5.78 Å². The first-order chi connectivity index (χ1) is 11.3. The van der Waals surface area contributed by atoms with Gasteiger partial charge in [-0.05, 0) is 44.2 Å². The fourth-order valence-corrected chi connectivity index (χ4v) is 4.62. The molecule has 2 aromatic carbocycles. The lowest BCUT2D eigenvalue weighted by molar-refractivity contribution is 0.0971. The number of hydrogen-bond donors (Lipinski definition) is 0. The van der Waals surface area contributed by atoms with Crippen LogP contribution >= 0.6 is 0 Å². The van der Waals surface area contributed by atoms with Crippen LogP contribution in [0.25, 0.3) is 0 Å². The number of nitrogens with zero attached hydrogens (tertiary/aromatic N) is 1. The summed E-state index contributed by atoms with van der Waals surface area (Å²) in [6, 6.07) is 11.2. The molecule has 0 aromatic heterocycles. The largest absolute Gasteiger partial charge is 0.497 e. The van der Waals surface area contributed by atoms with Crippen LogP contribution < -0.4 is 9.04 Å². The number of ether oxygens (including phenoxy) is 1. The number of carbonyl (C=O) groups excluding carboxylic acids is 1. The Morgan fingerprint density at radius 2 is 1.79 bits per heavy atom. The van der Waals surface area contributed by atoms with Crippen LogP contribution in [0.1, 0.15) is 29.3 Å². The van der Waals surface area contributed by atoms with E-state index in [9.17, 15) is 13.2 Å². The maximum absolute atomic E-state index is 13.1. The third kappa shape index (κ3) is 2.67. The number of hydrogen-bond acceptors (Lipinski definition) is 4. The van der Waals surface area contributed by atoms with Crippen molar-refractivity contribution in [2.75, 3.05) is 11.4 Å². The van der Waals surface area contributed by atoms with Gasteiger partial charge in [-0.25, -0.2) is 8.42 Å². The highest BCUT2D eigenvalue weighted by molar-refractivity contribution is 7.92. The van der Waals surface area contributed by atoms with E-state index >= 15 is 0 Å². The van der Waals surface area contributed by atoms with Gasteiger partial charge in [0.05, 0.1) is 17.7 Å². The predicted octanol–water partition coefficient (Wildman–Crippen LogP) is 3.17. The van der Waals surface area contributed by atoms with E-state index in [1.165, 1.54) is 11.4 Å². The maximum Gasteiger partial charge on any atom is 0.264 e. The molecule has 24 heavy (non-hydrogen) atoms. The number of methoxy groups -OCH3 is 1. The van der Waals surface area contributed by atoms with Gasteiger partial charge in [-0.15, -0.1) is 0 Å². The van der Waals surface area contributed by atoms with Gasteiger partial charge < -0.3 is 4.74 Å². The SMILES string of the molecule is COc1ccc2c(c1)C(=O)C[C@@H](C)N2S(=O)(=O)c1ccc(C)cc1. The second-order valence-electron chi connectivity index (χ2n) is 5.97. The van der Waals surface area contributed by atoms with Crippen molar-refractivity contribution >= 4 is 21.5 Å². The smallest absolute Gasteiger partial charge is 0.264 e. The normalized spacial score (nSPS) is 17.5. The molecule has 0 bridgehead atoms. The molecule has 0 saturated carbocycles. The summed E-state index contributed by atoms with van der Waals surface area (Å²) in [5.41, 5.74) is 1.77. The van der Waals surface area contributed by atoms with Gasteiger partial charge in [-0.2, -0.15) is 0 Å². The van der Waals surface area contributed by atoms with E-state index in [1.54, 1.807) is 49.4 Å². The number of fused-ring (bicyclic) bond motifs is 1. The number of rotatable bonds is 3. The third-order valence-electron chi connectivity index (χ3n) is 4.20. The highest BCUT2D eigenvalue weighted by Crippen LogP contribution is 2.37. The zero-order valence-electron chi connectivity index (χ0n) is 13.8. The van der Waals surface area contributed by atoms with Crippen LogP contribution in [0, 0.1) is 6.92 Å². The van der Waals surface area contributed by atoms with Gasteiger partial charge in [0.1, 0.15) is 5.75 Å². The Bertz CT molecular complexity index is 888. The quantitative estimate of drug-likeness (QED) is 0.857. The van der Waals surface area contributed by atoms with Gasteiger partial charge in [0, 0.05) is 18.0 Å². The molecule has 0 fully saturated rings. The van der Waals surface area contributed by atoms with E-state index in [4.69, 9.17) is 4.74 Å². The Balaban J connectivity index is 2.15. The highest BCUT2D eigenvalue weighted by Gasteiger charge is 2.37. The lowest BCUT2D eigenvalue weighted by Crippen LogP contribution is -2.43. The minimum Gasteiger partial charge on any atom is -0.497 e. The predicted molar refractivity (Wildman–Crippen MR) is 92.2 cm³/mol. The summed E-state index contributed by atoms with van der Waals surface area (Å²) in [6.07, 6.45) is 0.144. The summed E-state index contributed by atoms with van der Waals surface area (Å²) in [7, 11) is -2.23. The molecule has 0 aliphatic carbocycles. The maximum atomic E-state index is 13.1. The van der Waals surface area contributed by atoms with Crippen LogP contribution in [0.5, 0.6) is 5.75 Å². The van der Waals surface area contributed by atoms with Gasteiger partial charge in [0.2, 0.25) is 0 Å². The number of ketones is 1. The zero-order valence-corrected chi connectivity index (χ0v) is 14.6. The van der Waals surface area contributed by atoms with Crippen molar-refractivity contribution < 1.29 is 17.9 Å². The standard InChI is InChI=1S/C18H19NO4S/c1-12-4-7-15(8-5-12)24(21,22)19-13(2)10-18(20)16-11-14(23-3)6-9-17(16)19/h4-9,11,13H,10H2,1-3H3/t13-/m1/s1. The molecule has 5 nitrogen and oxygen atoms in total. The van der Waals surface area contributed by atoms with E-state index in [2.05, 4.69) is 0 Å². The Hall–Kier alpha value is -2.34. The van der Waals surface area contributed by atoms with E-state index in [0.717, 1.165) is 5.56 Å². The summed E-state index contributed by atoms with van der Waals surface area (Å²) in [5, 5.41) is 0. The molecule has 2 aromatic rings. The van der Waals surface area contributed by atoms with Crippen molar-refractivity contribution in [3.8, 4) is 5.75 Å². The van der Waals surface area contributed by atoms with Crippen LogP contribution in [0.3, 0.4) is 0 Å². The molecule has 0 N–H and O–H groups in total. The Morgan fingerprint density at radius 1 is 1.12 bits per heavy atom. The average Bonchev–Trinajstić information content (AvgIpc) is 2.54. The molecule has 126 valence electrons. The summed E-state index contributed by atoms with van der Waals surface area (Å²) < 4.78 is 32.7. The molecular formula is C18H19NO4S. The molecule has 0 radical (unpaired) electrons. The van der Waals surface area contributed by atoms with E-state index in [1.807, 2.05) is 6.92 Å². The van der Waals surface area contributed by atoms with Crippen molar-refractivity contribution in [1.82, 2.24) is 0 Å². The number of carbonyl (C=O) groups is 1. The van der Waals surface area contributed by atoms with Gasteiger partial charge in [0.25, 0.3) is 10.0 Å². The van der Waals surface area contributed by atoms with Crippen LogP contribution in [0.15, 0.2) is 47.4 Å². The van der Waals surface area contributed by atoms with Gasteiger partial charge >= 0.3 is 0 Å². The lowest BCUT2D eigenvalue weighted by Gasteiger charge is -2.35.